The molecule has 0 radical (unpaired) electrons. The highest BCUT2D eigenvalue weighted by Crippen LogP contribution is 2.76. The van der Waals surface area contributed by atoms with Crippen molar-refractivity contribution in [3.63, 3.8) is 0 Å². The molecule has 344 valence electrons. The van der Waals surface area contributed by atoms with E-state index in [1.165, 1.54) is 68.1 Å². The van der Waals surface area contributed by atoms with Gasteiger partial charge in [-0.3, -0.25) is 4.79 Å². The van der Waals surface area contributed by atoms with Gasteiger partial charge in [0.1, 0.15) is 0 Å². The number of aromatic nitrogens is 2. The molecule has 1 aliphatic heterocycles. The predicted octanol–water partition coefficient (Wildman–Crippen LogP) is 9.87. The minimum absolute atomic E-state index is 0.0304. The van der Waals surface area contributed by atoms with E-state index >= 15 is 0 Å². The van der Waals surface area contributed by atoms with Crippen molar-refractivity contribution in [2.24, 2.45) is 56.7 Å². The molecule has 10 heteroatoms. The lowest BCUT2D eigenvalue weighted by Gasteiger charge is -2.72. The quantitative estimate of drug-likeness (QED) is 0.162. The van der Waals surface area contributed by atoms with E-state index in [0.717, 1.165) is 38.0 Å². The number of sulfone groups is 1. The summed E-state index contributed by atoms with van der Waals surface area (Å²) in [5.74, 6) is 3.57. The van der Waals surface area contributed by atoms with Crippen molar-refractivity contribution < 1.29 is 22.7 Å². The molecule has 6 aliphatic carbocycles. The Morgan fingerprint density at radius 2 is 1.71 bits per heavy atom. The van der Waals surface area contributed by atoms with Crippen molar-refractivity contribution in [1.82, 2.24) is 20.2 Å². The second-order valence-electron chi connectivity index (χ2n) is 23.1. The molecule has 1 aromatic heterocycles. The van der Waals surface area contributed by atoms with E-state index in [0.29, 0.717) is 79.6 Å². The fraction of sp³-hybridized carbons (Fsp3) is 0.788. The molecule has 5 fully saturated rings. The van der Waals surface area contributed by atoms with Crippen LogP contribution in [0.4, 0.5) is 0 Å². The van der Waals surface area contributed by atoms with Gasteiger partial charge in [0.2, 0.25) is 0 Å². The Kier molecular flexibility index (Phi) is 12.4. The number of ether oxygens (including phenoxy) is 2. The molecular formula is C52H80N4O5S. The zero-order valence-corrected chi connectivity index (χ0v) is 40.7. The zero-order valence-electron chi connectivity index (χ0n) is 39.9. The number of nitrogens with zero attached hydrogens (tertiary/aromatic N) is 3. The molecule has 7 aliphatic rings. The molecule has 0 spiro atoms. The first-order chi connectivity index (χ1) is 29.2. The average molecular weight is 873 g/mol. The Labute approximate surface area is 375 Å². The lowest BCUT2D eigenvalue weighted by Crippen LogP contribution is -2.68. The summed E-state index contributed by atoms with van der Waals surface area (Å²) in [6, 6.07) is 2.22. The van der Waals surface area contributed by atoms with Crippen LogP contribution in [0.5, 0.6) is 6.01 Å². The number of hydrogen-bond donors (Lipinski definition) is 1. The second-order valence-corrected chi connectivity index (χ2v) is 25.4. The number of esters is 1. The van der Waals surface area contributed by atoms with Gasteiger partial charge in [-0.1, -0.05) is 58.9 Å². The summed E-state index contributed by atoms with van der Waals surface area (Å²) in [5, 5.41) is 4.24. The van der Waals surface area contributed by atoms with Gasteiger partial charge >= 0.3 is 12.0 Å². The summed E-state index contributed by atoms with van der Waals surface area (Å²) >= 11 is 0. The summed E-state index contributed by atoms with van der Waals surface area (Å²) < 4.78 is 36.2. The van der Waals surface area contributed by atoms with Crippen LogP contribution in [-0.2, 0) is 19.4 Å². The number of carbonyl (C=O) groups is 1. The molecule has 4 saturated carbocycles. The van der Waals surface area contributed by atoms with Crippen LogP contribution in [0.25, 0.3) is 0 Å². The van der Waals surface area contributed by atoms with E-state index in [9.17, 15) is 13.2 Å². The molecule has 1 unspecified atom stereocenters. The van der Waals surface area contributed by atoms with Crippen LogP contribution in [0.15, 0.2) is 47.7 Å². The molecule has 62 heavy (non-hydrogen) atoms. The molecule has 1 saturated heterocycles. The van der Waals surface area contributed by atoms with Gasteiger partial charge in [0.25, 0.3) is 0 Å². The number of fused-ring (bicyclic) bond motifs is 7. The minimum Gasteiger partial charge on any atom is -0.463 e. The summed E-state index contributed by atoms with van der Waals surface area (Å²) in [5.41, 5.74) is 5.49. The van der Waals surface area contributed by atoms with Gasteiger partial charge < -0.3 is 19.7 Å². The SMILES string of the molecule is C=C(C)[C@@H]1CC[C@]2(NCCN3CCS(=O)(=O)CC3)CC[C@]3(C)[C@H](CC[C@@H]4[C@@]5(C)CC=C(C6=CCC(CCOc7nccc(C)n7)(C(=O)OC(C)C)CC6)C(C)(C)[C@@H]5CC[C@]43C)[C@@H]12. The topological polar surface area (TPSA) is 111 Å². The first kappa shape index (κ1) is 46.0. The van der Waals surface area contributed by atoms with Crippen molar-refractivity contribution in [3.05, 3.63) is 53.4 Å². The number of carbonyl (C=O) groups excluding carboxylic acids is 1. The standard InChI is InChI=1S/C52H80N4O5S/c1-35(2)39-15-23-52(54-28-29-56-30-33-62(58,59)34-31-56)25-24-49(9)41(44(39)52)11-12-43-48(8)19-16-40(47(6,7)42(48)17-20-50(43,49)10)38-13-21-51(22-14-38,45(57)61-36(3)4)26-32-60-46-53-27-18-37(5)55-46/h13,16,18,27,36,39,41-44,54H,1,11-12,14-15,17,19-26,28-34H2,2-10H3/t39-,41+,42-,43+,44+,48-,49+,50+,51?,52-/m0/s1. The Hall–Kier alpha value is -2.56. The van der Waals surface area contributed by atoms with E-state index in [1.54, 1.807) is 6.20 Å². The van der Waals surface area contributed by atoms with Gasteiger partial charge in [0, 0.05) is 43.6 Å². The lowest BCUT2D eigenvalue weighted by atomic mass is 9.33. The maximum absolute atomic E-state index is 13.8. The molecule has 8 rings (SSSR count). The molecule has 10 atom stereocenters. The van der Waals surface area contributed by atoms with Gasteiger partial charge in [0.15, 0.2) is 9.84 Å². The van der Waals surface area contributed by atoms with Crippen molar-refractivity contribution >= 4 is 15.8 Å². The number of nitrogens with one attached hydrogen (secondary N) is 1. The number of rotatable bonds is 12. The highest BCUT2D eigenvalue weighted by Gasteiger charge is 2.70. The Morgan fingerprint density at radius 1 is 0.952 bits per heavy atom. The van der Waals surface area contributed by atoms with Crippen LogP contribution >= 0.6 is 0 Å². The van der Waals surface area contributed by atoms with Gasteiger partial charge in [-0.25, -0.2) is 18.4 Å². The van der Waals surface area contributed by atoms with Crippen LogP contribution in [0.3, 0.4) is 0 Å². The third-order valence-electron chi connectivity index (χ3n) is 19.3. The molecule has 0 aromatic carbocycles. The molecular weight excluding hydrogens is 793 g/mol. The number of aryl methyl sites for hydroxylation is 1. The van der Waals surface area contributed by atoms with Crippen LogP contribution in [0.1, 0.15) is 145 Å². The minimum atomic E-state index is -2.87. The summed E-state index contributed by atoms with van der Waals surface area (Å²) in [7, 11) is -2.87. The fourth-order valence-corrected chi connectivity index (χ4v) is 17.1. The first-order valence-electron chi connectivity index (χ1n) is 24.6. The van der Waals surface area contributed by atoms with E-state index in [2.05, 4.69) is 80.5 Å². The summed E-state index contributed by atoms with van der Waals surface area (Å²) in [6.07, 6.45) is 20.7. The molecule has 1 N–H and O–H groups in total. The lowest BCUT2D eigenvalue weighted by molar-refractivity contribution is -0.221. The van der Waals surface area contributed by atoms with Crippen LogP contribution in [-0.4, -0.2) is 85.2 Å². The molecule has 0 amide bonds. The van der Waals surface area contributed by atoms with Gasteiger partial charge in [-0.2, -0.15) is 0 Å². The highest BCUT2D eigenvalue weighted by molar-refractivity contribution is 7.91. The van der Waals surface area contributed by atoms with Crippen molar-refractivity contribution in [3.8, 4) is 6.01 Å². The Morgan fingerprint density at radius 3 is 2.39 bits per heavy atom. The maximum atomic E-state index is 13.8. The Bertz CT molecular complexity index is 2050. The largest absolute Gasteiger partial charge is 0.463 e. The van der Waals surface area contributed by atoms with Gasteiger partial charge in [-0.15, -0.1) is 0 Å². The normalized spacial score (nSPS) is 39.9. The highest BCUT2D eigenvalue weighted by atomic mass is 32.2. The zero-order chi connectivity index (χ0) is 44.5. The van der Waals surface area contributed by atoms with E-state index in [4.69, 9.17) is 9.47 Å². The monoisotopic (exact) mass is 873 g/mol. The smallest absolute Gasteiger partial charge is 0.316 e. The van der Waals surface area contributed by atoms with Crippen molar-refractivity contribution in [1.29, 1.82) is 0 Å². The van der Waals surface area contributed by atoms with Crippen LogP contribution in [0, 0.1) is 63.6 Å². The van der Waals surface area contributed by atoms with Gasteiger partial charge in [0.05, 0.1) is 29.6 Å². The number of hydrogen-bond acceptors (Lipinski definition) is 9. The predicted molar refractivity (Wildman–Crippen MR) is 248 cm³/mol. The van der Waals surface area contributed by atoms with Crippen LogP contribution in [0.2, 0.25) is 0 Å². The number of allylic oxidation sites excluding steroid dienone is 5. The van der Waals surface area contributed by atoms with Crippen molar-refractivity contribution in [2.75, 3.05) is 44.3 Å². The van der Waals surface area contributed by atoms with E-state index in [1.807, 2.05) is 26.8 Å². The van der Waals surface area contributed by atoms with E-state index < -0.39 is 15.3 Å². The Balaban J connectivity index is 1.00. The third-order valence-corrected chi connectivity index (χ3v) is 20.9. The van der Waals surface area contributed by atoms with Crippen molar-refractivity contribution in [2.45, 2.75) is 157 Å². The molecule has 1 aromatic rings. The molecule has 9 nitrogen and oxygen atoms in total. The van der Waals surface area contributed by atoms with E-state index in [-0.39, 0.29) is 39.3 Å². The molecule has 2 heterocycles. The first-order valence-corrected chi connectivity index (χ1v) is 26.4. The average Bonchev–Trinajstić information content (AvgIpc) is 3.59. The fourth-order valence-electron chi connectivity index (χ4n) is 15.9. The third kappa shape index (κ3) is 7.87. The van der Waals surface area contributed by atoms with Gasteiger partial charge in [-0.05, 0) is 180 Å². The summed E-state index contributed by atoms with van der Waals surface area (Å²) in [6.45, 7) is 29.5. The molecule has 0 bridgehead atoms. The van der Waals surface area contributed by atoms with Crippen LogP contribution < -0.4 is 10.1 Å². The second kappa shape index (κ2) is 16.7. The summed E-state index contributed by atoms with van der Waals surface area (Å²) in [4.78, 5) is 24.9. The maximum Gasteiger partial charge on any atom is 0.316 e.